The SMILES string of the molecule is COc1ccccc1CNC(=O)OC1C=C(C)C(=O)O1. The quantitative estimate of drug-likeness (QED) is 0.849. The lowest BCUT2D eigenvalue weighted by molar-refractivity contribution is -0.151. The molecule has 0 spiro atoms. The first-order chi connectivity index (χ1) is 9.60. The number of hydrogen-bond acceptors (Lipinski definition) is 5. The Morgan fingerprint density at radius 1 is 1.40 bits per heavy atom. The third-order valence-corrected chi connectivity index (χ3v) is 2.77. The van der Waals surface area contributed by atoms with Crippen LogP contribution in [0, 0.1) is 0 Å². The Kier molecular flexibility index (Phi) is 4.24. The first-order valence-electron chi connectivity index (χ1n) is 6.06. The minimum Gasteiger partial charge on any atom is -0.496 e. The van der Waals surface area contributed by atoms with Gasteiger partial charge in [0.1, 0.15) is 5.75 Å². The predicted octanol–water partition coefficient (Wildman–Crippen LogP) is 1.75. The van der Waals surface area contributed by atoms with Crippen LogP contribution < -0.4 is 10.1 Å². The van der Waals surface area contributed by atoms with Crippen molar-refractivity contribution >= 4 is 12.1 Å². The summed E-state index contributed by atoms with van der Waals surface area (Å²) in [7, 11) is 1.56. The smallest absolute Gasteiger partial charge is 0.410 e. The molecule has 1 aliphatic heterocycles. The molecule has 1 heterocycles. The molecule has 2 rings (SSSR count). The summed E-state index contributed by atoms with van der Waals surface area (Å²) < 4.78 is 14.9. The van der Waals surface area contributed by atoms with Gasteiger partial charge in [0, 0.05) is 23.8 Å². The van der Waals surface area contributed by atoms with Crippen LogP contribution in [0.2, 0.25) is 0 Å². The molecule has 6 heteroatoms. The van der Waals surface area contributed by atoms with Crippen LogP contribution in [0.5, 0.6) is 5.75 Å². The molecule has 0 saturated heterocycles. The van der Waals surface area contributed by atoms with Gasteiger partial charge in [-0.2, -0.15) is 0 Å². The summed E-state index contributed by atoms with van der Waals surface area (Å²) in [6.45, 7) is 1.85. The third-order valence-electron chi connectivity index (χ3n) is 2.77. The second-order valence-electron chi connectivity index (χ2n) is 4.19. The van der Waals surface area contributed by atoms with Crippen LogP contribution in [-0.2, 0) is 20.8 Å². The standard InChI is InChI=1S/C14H15NO5/c1-9-7-12(19-13(9)16)20-14(17)15-8-10-5-3-4-6-11(10)18-2/h3-7,12H,8H2,1-2H3,(H,15,17). The lowest BCUT2D eigenvalue weighted by Gasteiger charge is -2.12. The van der Waals surface area contributed by atoms with Crippen molar-refractivity contribution in [3.63, 3.8) is 0 Å². The molecule has 0 aromatic heterocycles. The van der Waals surface area contributed by atoms with Gasteiger partial charge in [-0.1, -0.05) is 18.2 Å². The molecule has 1 aliphatic rings. The lowest BCUT2D eigenvalue weighted by atomic mass is 10.2. The highest BCUT2D eigenvalue weighted by molar-refractivity contribution is 5.90. The summed E-state index contributed by atoms with van der Waals surface area (Å²) in [5, 5.41) is 2.57. The van der Waals surface area contributed by atoms with E-state index in [4.69, 9.17) is 14.2 Å². The maximum absolute atomic E-state index is 11.6. The van der Waals surface area contributed by atoms with Crippen LogP contribution >= 0.6 is 0 Å². The number of alkyl carbamates (subject to hydrolysis) is 1. The fraction of sp³-hybridized carbons (Fsp3) is 0.286. The van der Waals surface area contributed by atoms with E-state index in [1.54, 1.807) is 20.1 Å². The Hall–Kier alpha value is -2.50. The van der Waals surface area contributed by atoms with Gasteiger partial charge in [-0.05, 0) is 13.0 Å². The average molecular weight is 277 g/mol. The van der Waals surface area contributed by atoms with Gasteiger partial charge in [-0.15, -0.1) is 0 Å². The van der Waals surface area contributed by atoms with Gasteiger partial charge in [0.2, 0.25) is 0 Å². The van der Waals surface area contributed by atoms with Gasteiger partial charge in [0.15, 0.2) is 0 Å². The Balaban J connectivity index is 1.85. The second kappa shape index (κ2) is 6.10. The number of carbonyl (C=O) groups excluding carboxylic acids is 2. The maximum atomic E-state index is 11.6. The van der Waals surface area contributed by atoms with Gasteiger partial charge in [0.25, 0.3) is 6.29 Å². The normalized spacial score (nSPS) is 17.2. The molecule has 1 N–H and O–H groups in total. The van der Waals surface area contributed by atoms with Crippen molar-refractivity contribution in [1.82, 2.24) is 5.32 Å². The van der Waals surface area contributed by atoms with Gasteiger partial charge < -0.3 is 19.5 Å². The van der Waals surface area contributed by atoms with Crippen molar-refractivity contribution in [1.29, 1.82) is 0 Å². The van der Waals surface area contributed by atoms with Crippen LogP contribution in [0.3, 0.4) is 0 Å². The van der Waals surface area contributed by atoms with Crippen molar-refractivity contribution in [2.24, 2.45) is 0 Å². The molecule has 0 saturated carbocycles. The zero-order valence-electron chi connectivity index (χ0n) is 11.2. The number of amides is 1. The molecule has 1 aromatic rings. The first-order valence-corrected chi connectivity index (χ1v) is 6.06. The first kappa shape index (κ1) is 13.9. The molecular weight excluding hydrogens is 262 g/mol. The van der Waals surface area contributed by atoms with Crippen LogP contribution in [-0.4, -0.2) is 25.5 Å². The summed E-state index contributed by atoms with van der Waals surface area (Å²) in [4.78, 5) is 22.7. The average Bonchev–Trinajstić information content (AvgIpc) is 2.75. The summed E-state index contributed by atoms with van der Waals surface area (Å²) in [5.74, 6) is 0.198. The predicted molar refractivity (Wildman–Crippen MR) is 70.0 cm³/mol. The number of carbonyl (C=O) groups is 2. The van der Waals surface area contributed by atoms with Gasteiger partial charge in [-0.25, -0.2) is 9.59 Å². The van der Waals surface area contributed by atoms with E-state index in [1.807, 2.05) is 18.2 Å². The number of cyclic esters (lactones) is 1. The summed E-state index contributed by atoms with van der Waals surface area (Å²) in [6.07, 6.45) is -0.176. The van der Waals surface area contributed by atoms with Crippen molar-refractivity contribution < 1.29 is 23.8 Å². The number of para-hydroxylation sites is 1. The highest BCUT2D eigenvalue weighted by Crippen LogP contribution is 2.17. The highest BCUT2D eigenvalue weighted by Gasteiger charge is 2.25. The zero-order valence-corrected chi connectivity index (χ0v) is 11.2. The molecule has 0 radical (unpaired) electrons. The van der Waals surface area contributed by atoms with Crippen LogP contribution in [0.25, 0.3) is 0 Å². The Morgan fingerprint density at radius 2 is 2.15 bits per heavy atom. The number of ether oxygens (including phenoxy) is 3. The van der Waals surface area contributed by atoms with E-state index in [0.29, 0.717) is 11.3 Å². The summed E-state index contributed by atoms with van der Waals surface area (Å²) in [6, 6.07) is 7.31. The number of rotatable bonds is 4. The number of nitrogens with one attached hydrogen (secondary N) is 1. The largest absolute Gasteiger partial charge is 0.496 e. The van der Waals surface area contributed by atoms with E-state index >= 15 is 0 Å². The maximum Gasteiger partial charge on any atom is 0.410 e. The van der Waals surface area contributed by atoms with E-state index in [2.05, 4.69) is 5.32 Å². The van der Waals surface area contributed by atoms with Crippen molar-refractivity contribution in [2.45, 2.75) is 19.8 Å². The zero-order chi connectivity index (χ0) is 14.5. The number of hydrogen-bond donors (Lipinski definition) is 1. The van der Waals surface area contributed by atoms with Crippen molar-refractivity contribution in [3.8, 4) is 5.75 Å². The topological polar surface area (TPSA) is 73.9 Å². The molecule has 1 atom stereocenters. The van der Waals surface area contributed by atoms with E-state index in [9.17, 15) is 9.59 Å². The molecule has 6 nitrogen and oxygen atoms in total. The Bertz CT molecular complexity index is 552. The lowest BCUT2D eigenvalue weighted by Crippen LogP contribution is -2.28. The highest BCUT2D eigenvalue weighted by atomic mass is 16.7. The molecule has 0 fully saturated rings. The van der Waals surface area contributed by atoms with Gasteiger partial charge in [-0.3, -0.25) is 0 Å². The molecule has 1 unspecified atom stereocenters. The minimum absolute atomic E-state index is 0.256. The van der Waals surface area contributed by atoms with E-state index in [0.717, 1.165) is 5.56 Å². The fourth-order valence-electron chi connectivity index (χ4n) is 1.73. The second-order valence-corrected chi connectivity index (χ2v) is 4.19. The molecule has 106 valence electrons. The minimum atomic E-state index is -0.958. The monoisotopic (exact) mass is 277 g/mol. The third kappa shape index (κ3) is 3.28. The van der Waals surface area contributed by atoms with Crippen molar-refractivity contribution in [3.05, 3.63) is 41.5 Å². The van der Waals surface area contributed by atoms with Gasteiger partial charge >= 0.3 is 12.1 Å². The number of esters is 1. The van der Waals surface area contributed by atoms with Crippen LogP contribution in [0.15, 0.2) is 35.9 Å². The van der Waals surface area contributed by atoms with Crippen LogP contribution in [0.1, 0.15) is 12.5 Å². The molecule has 1 aromatic carbocycles. The number of methoxy groups -OCH3 is 1. The molecule has 20 heavy (non-hydrogen) atoms. The van der Waals surface area contributed by atoms with Crippen LogP contribution in [0.4, 0.5) is 4.79 Å². The molecular formula is C14H15NO5. The number of benzene rings is 1. The van der Waals surface area contributed by atoms with Crippen molar-refractivity contribution in [2.75, 3.05) is 7.11 Å². The molecule has 0 bridgehead atoms. The van der Waals surface area contributed by atoms with Gasteiger partial charge in [0.05, 0.1) is 7.11 Å². The van der Waals surface area contributed by atoms with E-state index in [1.165, 1.54) is 6.08 Å². The van der Waals surface area contributed by atoms with E-state index < -0.39 is 18.4 Å². The summed E-state index contributed by atoms with van der Waals surface area (Å²) >= 11 is 0. The van der Waals surface area contributed by atoms with E-state index in [-0.39, 0.29) is 6.54 Å². The fourth-order valence-corrected chi connectivity index (χ4v) is 1.73. The Labute approximate surface area is 116 Å². The molecule has 1 amide bonds. The Morgan fingerprint density at radius 3 is 2.80 bits per heavy atom. The summed E-state index contributed by atoms with van der Waals surface area (Å²) in [5.41, 5.74) is 1.25. The molecule has 0 aliphatic carbocycles.